The van der Waals surface area contributed by atoms with E-state index in [2.05, 4.69) is 43.9 Å². The minimum absolute atomic E-state index is 0.329. The van der Waals surface area contributed by atoms with E-state index in [1.807, 2.05) is 0 Å². The van der Waals surface area contributed by atoms with Crippen LogP contribution in [0.1, 0.15) is 30.5 Å². The number of methoxy groups -OCH3 is 1. The number of nitrogens with zero attached hydrogens (tertiary/aromatic N) is 1. The molecule has 0 amide bonds. The lowest BCUT2D eigenvalue weighted by Gasteiger charge is -2.40. The van der Waals surface area contributed by atoms with Crippen molar-refractivity contribution in [2.24, 2.45) is 0 Å². The van der Waals surface area contributed by atoms with Crippen molar-refractivity contribution >= 4 is 17.2 Å². The van der Waals surface area contributed by atoms with Gasteiger partial charge in [0.1, 0.15) is 5.16 Å². The van der Waals surface area contributed by atoms with Crippen LogP contribution in [0.5, 0.6) is 0 Å². The highest BCUT2D eigenvalue weighted by Crippen LogP contribution is 2.39. The van der Waals surface area contributed by atoms with E-state index in [0.29, 0.717) is 12.6 Å². The fourth-order valence-corrected chi connectivity index (χ4v) is 3.09. The van der Waals surface area contributed by atoms with Gasteiger partial charge in [-0.25, -0.2) is 0 Å². The average molecular weight is 280 g/mol. The molecular formula is C16H22ClNO. The standard InChI is InChI=1S/C16H22ClNO/c1-5-13-8-6-7-11(2)15(13)14-9-18(16(14)17)12(3)10-19-4/h6-8,12H,5,9-10H2,1-4H3. The number of ether oxygens (including phenoxy) is 1. The summed E-state index contributed by atoms with van der Waals surface area (Å²) >= 11 is 6.50. The molecule has 1 unspecified atom stereocenters. The highest BCUT2D eigenvalue weighted by molar-refractivity contribution is 6.33. The SMILES string of the molecule is CCc1cccc(C)c1C1=C(Cl)N(C(C)COC)C1. The van der Waals surface area contributed by atoms with Crippen LogP contribution in [0.2, 0.25) is 0 Å². The van der Waals surface area contributed by atoms with Crippen LogP contribution in [0.25, 0.3) is 5.57 Å². The second-order valence-corrected chi connectivity index (χ2v) is 5.52. The Kier molecular flexibility index (Phi) is 4.54. The second-order valence-electron chi connectivity index (χ2n) is 5.16. The Labute approximate surface area is 121 Å². The van der Waals surface area contributed by atoms with Crippen LogP contribution in [0.3, 0.4) is 0 Å². The second kappa shape index (κ2) is 5.98. The summed E-state index contributed by atoms with van der Waals surface area (Å²) < 4.78 is 5.20. The van der Waals surface area contributed by atoms with Gasteiger partial charge in [0.2, 0.25) is 0 Å². The van der Waals surface area contributed by atoms with Gasteiger partial charge >= 0.3 is 0 Å². The summed E-state index contributed by atoms with van der Waals surface area (Å²) in [4.78, 5) is 2.20. The fraction of sp³-hybridized carbons (Fsp3) is 0.500. The normalized spacial score (nSPS) is 16.6. The summed E-state index contributed by atoms with van der Waals surface area (Å²) in [6.07, 6.45) is 1.04. The molecule has 1 atom stereocenters. The molecule has 2 nitrogen and oxygen atoms in total. The minimum Gasteiger partial charge on any atom is -0.383 e. The van der Waals surface area contributed by atoms with Gasteiger partial charge < -0.3 is 9.64 Å². The molecule has 0 N–H and O–H groups in total. The lowest BCUT2D eigenvalue weighted by molar-refractivity contribution is 0.124. The molecule has 19 heavy (non-hydrogen) atoms. The molecule has 3 heteroatoms. The van der Waals surface area contributed by atoms with Crippen molar-refractivity contribution < 1.29 is 4.74 Å². The van der Waals surface area contributed by atoms with Gasteiger partial charge in [-0.1, -0.05) is 36.7 Å². The number of benzene rings is 1. The van der Waals surface area contributed by atoms with Gasteiger partial charge in [-0.3, -0.25) is 0 Å². The Balaban J connectivity index is 2.30. The van der Waals surface area contributed by atoms with Crippen LogP contribution in [-0.4, -0.2) is 31.2 Å². The van der Waals surface area contributed by atoms with Crippen molar-refractivity contribution in [3.63, 3.8) is 0 Å². The first kappa shape index (κ1) is 14.4. The Morgan fingerprint density at radius 3 is 2.74 bits per heavy atom. The molecule has 104 valence electrons. The van der Waals surface area contributed by atoms with Crippen molar-refractivity contribution in [1.82, 2.24) is 4.90 Å². The predicted molar refractivity (Wildman–Crippen MR) is 81.4 cm³/mol. The molecule has 1 aliphatic heterocycles. The van der Waals surface area contributed by atoms with E-state index < -0.39 is 0 Å². The number of halogens is 1. The molecule has 2 rings (SSSR count). The molecule has 1 aliphatic rings. The van der Waals surface area contributed by atoms with Crippen LogP contribution in [0.15, 0.2) is 23.4 Å². The number of aryl methyl sites for hydroxylation is 2. The zero-order chi connectivity index (χ0) is 14.0. The molecule has 0 spiro atoms. The van der Waals surface area contributed by atoms with Gasteiger partial charge in [0, 0.05) is 19.2 Å². The highest BCUT2D eigenvalue weighted by Gasteiger charge is 2.31. The largest absolute Gasteiger partial charge is 0.383 e. The first-order chi connectivity index (χ1) is 9.10. The van der Waals surface area contributed by atoms with Crippen LogP contribution >= 0.6 is 11.6 Å². The molecule has 0 aliphatic carbocycles. The lowest BCUT2D eigenvalue weighted by atomic mass is 9.90. The lowest BCUT2D eigenvalue weighted by Crippen LogP contribution is -2.42. The molecule has 1 heterocycles. The first-order valence-electron chi connectivity index (χ1n) is 6.83. The maximum absolute atomic E-state index is 6.50. The van der Waals surface area contributed by atoms with Crippen LogP contribution < -0.4 is 0 Å². The van der Waals surface area contributed by atoms with Gasteiger partial charge in [-0.15, -0.1) is 0 Å². The summed E-state index contributed by atoms with van der Waals surface area (Å²) in [6.45, 7) is 8.12. The molecule has 0 saturated heterocycles. The maximum atomic E-state index is 6.50. The fourth-order valence-electron chi connectivity index (χ4n) is 2.70. The molecule has 0 bridgehead atoms. The van der Waals surface area contributed by atoms with E-state index in [1.165, 1.54) is 22.3 Å². The van der Waals surface area contributed by atoms with E-state index in [0.717, 1.165) is 18.1 Å². The summed E-state index contributed by atoms with van der Waals surface area (Å²) in [5.74, 6) is 0. The summed E-state index contributed by atoms with van der Waals surface area (Å²) in [5, 5.41) is 0.883. The quantitative estimate of drug-likeness (QED) is 0.760. The number of hydrogen-bond acceptors (Lipinski definition) is 2. The van der Waals surface area contributed by atoms with E-state index in [4.69, 9.17) is 16.3 Å². The number of hydrogen-bond donors (Lipinski definition) is 0. The molecule has 1 aromatic rings. The minimum atomic E-state index is 0.329. The summed E-state index contributed by atoms with van der Waals surface area (Å²) in [5.41, 5.74) is 5.31. The summed E-state index contributed by atoms with van der Waals surface area (Å²) in [6, 6.07) is 6.80. The van der Waals surface area contributed by atoms with Crippen molar-refractivity contribution in [2.45, 2.75) is 33.2 Å². The van der Waals surface area contributed by atoms with Crippen molar-refractivity contribution in [1.29, 1.82) is 0 Å². The summed E-state index contributed by atoms with van der Waals surface area (Å²) in [7, 11) is 1.73. The Morgan fingerprint density at radius 2 is 2.16 bits per heavy atom. The third-order valence-electron chi connectivity index (χ3n) is 3.81. The van der Waals surface area contributed by atoms with Crippen molar-refractivity contribution in [3.05, 3.63) is 40.0 Å². The monoisotopic (exact) mass is 279 g/mol. The van der Waals surface area contributed by atoms with Crippen LogP contribution in [0.4, 0.5) is 0 Å². The van der Waals surface area contributed by atoms with Gasteiger partial charge in [-0.2, -0.15) is 0 Å². The van der Waals surface area contributed by atoms with E-state index in [9.17, 15) is 0 Å². The van der Waals surface area contributed by atoms with Crippen LogP contribution in [0, 0.1) is 6.92 Å². The Morgan fingerprint density at radius 1 is 1.42 bits per heavy atom. The molecule has 0 fully saturated rings. The predicted octanol–water partition coefficient (Wildman–Crippen LogP) is 3.82. The van der Waals surface area contributed by atoms with Crippen molar-refractivity contribution in [2.75, 3.05) is 20.3 Å². The zero-order valence-electron chi connectivity index (χ0n) is 12.2. The van der Waals surface area contributed by atoms with E-state index in [-0.39, 0.29) is 0 Å². The molecule has 0 aromatic heterocycles. The maximum Gasteiger partial charge on any atom is 0.111 e. The number of rotatable bonds is 5. The van der Waals surface area contributed by atoms with Gasteiger partial charge in [-0.05, 0) is 37.0 Å². The molecule has 0 saturated carbocycles. The third kappa shape index (κ3) is 2.65. The molecule has 1 aromatic carbocycles. The zero-order valence-corrected chi connectivity index (χ0v) is 12.9. The average Bonchev–Trinajstić information content (AvgIpc) is 2.39. The van der Waals surface area contributed by atoms with E-state index in [1.54, 1.807) is 7.11 Å². The smallest absolute Gasteiger partial charge is 0.111 e. The highest BCUT2D eigenvalue weighted by atomic mass is 35.5. The van der Waals surface area contributed by atoms with Gasteiger partial charge in [0.15, 0.2) is 0 Å². The molecule has 0 radical (unpaired) electrons. The van der Waals surface area contributed by atoms with Crippen LogP contribution in [-0.2, 0) is 11.2 Å². The van der Waals surface area contributed by atoms with Crippen molar-refractivity contribution in [3.8, 4) is 0 Å². The van der Waals surface area contributed by atoms with Gasteiger partial charge in [0.25, 0.3) is 0 Å². The van der Waals surface area contributed by atoms with E-state index >= 15 is 0 Å². The molecular weight excluding hydrogens is 258 g/mol. The topological polar surface area (TPSA) is 12.5 Å². The third-order valence-corrected chi connectivity index (χ3v) is 4.26. The van der Waals surface area contributed by atoms with Gasteiger partial charge in [0.05, 0.1) is 12.6 Å². The Hall–Kier alpha value is -0.990. The first-order valence-corrected chi connectivity index (χ1v) is 7.21. The Bertz CT molecular complexity index is 496.